The number of carboxylic acids is 1. The maximum Gasteiger partial charge on any atom is 0.305 e. The summed E-state index contributed by atoms with van der Waals surface area (Å²) < 4.78 is 5.31. The van der Waals surface area contributed by atoms with Crippen LogP contribution in [0.25, 0.3) is 5.57 Å². The lowest BCUT2D eigenvalue weighted by molar-refractivity contribution is -0.586. The van der Waals surface area contributed by atoms with E-state index >= 15 is 0 Å². The summed E-state index contributed by atoms with van der Waals surface area (Å²) in [4.78, 5) is 10.4. The molecule has 0 heterocycles. The van der Waals surface area contributed by atoms with Crippen LogP contribution in [0, 0.1) is 5.41 Å². The van der Waals surface area contributed by atoms with Gasteiger partial charge in [-0.3, -0.25) is 4.79 Å². The summed E-state index contributed by atoms with van der Waals surface area (Å²) in [7, 11) is 0. The summed E-state index contributed by atoms with van der Waals surface area (Å²) >= 11 is 0. The number of carboxylic acid groups (broad SMARTS) is 1. The summed E-state index contributed by atoms with van der Waals surface area (Å²) in [6, 6.07) is 8.03. The number of nitrogens with one attached hydrogen (secondary N) is 1. The molecular weight excluding hydrogens is 280 g/mol. The first-order chi connectivity index (χ1) is 10.7. The van der Waals surface area contributed by atoms with Gasteiger partial charge in [0.2, 0.25) is 0 Å². The fourth-order valence-electron chi connectivity index (χ4n) is 1.96. The van der Waals surface area contributed by atoms with Gasteiger partial charge < -0.3 is 20.6 Å². The van der Waals surface area contributed by atoms with Crippen molar-refractivity contribution in [2.24, 2.45) is 0 Å². The minimum Gasteiger partial charge on any atom is -0.481 e. The van der Waals surface area contributed by atoms with Gasteiger partial charge in [0.1, 0.15) is 6.20 Å². The SMILES string of the molecule is CCC[NH2+]C=C(C=N)c1cccc(CCOCCC(=O)O)c1. The normalized spacial score (nSPS) is 11.4. The van der Waals surface area contributed by atoms with Gasteiger partial charge in [-0.25, -0.2) is 0 Å². The zero-order valence-corrected chi connectivity index (χ0v) is 13.0. The Kier molecular flexibility index (Phi) is 8.79. The molecule has 0 aliphatic heterocycles. The van der Waals surface area contributed by atoms with Crippen LogP contribution < -0.4 is 5.32 Å². The molecule has 1 aromatic carbocycles. The Hall–Kier alpha value is -1.98. The number of aliphatic carboxylic acids is 1. The van der Waals surface area contributed by atoms with Crippen LogP contribution in [0.4, 0.5) is 0 Å². The van der Waals surface area contributed by atoms with Crippen LogP contribution in [0.5, 0.6) is 0 Å². The molecule has 0 radical (unpaired) electrons. The molecule has 0 spiro atoms. The van der Waals surface area contributed by atoms with E-state index in [2.05, 4.69) is 18.3 Å². The zero-order chi connectivity index (χ0) is 16.2. The summed E-state index contributed by atoms with van der Waals surface area (Å²) in [6.45, 7) is 3.88. The standard InChI is InChI=1S/C17H24N2O3/c1-2-8-19-13-16(12-18)15-5-3-4-14(11-15)6-9-22-10-7-17(20)21/h3-5,11-13,18-19H,2,6-10H2,1H3,(H,20,21)/p+1. The Bertz CT molecular complexity index is 512. The molecule has 5 nitrogen and oxygen atoms in total. The number of ether oxygens (including phenoxy) is 1. The third-order valence-corrected chi connectivity index (χ3v) is 3.16. The molecule has 0 aliphatic rings. The lowest BCUT2D eigenvalue weighted by Gasteiger charge is -2.06. The summed E-state index contributed by atoms with van der Waals surface area (Å²) in [5.74, 6) is -0.842. The van der Waals surface area contributed by atoms with E-state index in [-0.39, 0.29) is 13.0 Å². The highest BCUT2D eigenvalue weighted by atomic mass is 16.5. The van der Waals surface area contributed by atoms with Gasteiger partial charge in [-0.05, 0) is 24.0 Å². The van der Waals surface area contributed by atoms with Gasteiger partial charge >= 0.3 is 5.97 Å². The number of carbonyl (C=O) groups is 1. The molecule has 0 bridgehead atoms. The molecular formula is C17H25N2O3+. The average Bonchev–Trinajstić information content (AvgIpc) is 2.51. The van der Waals surface area contributed by atoms with Crippen molar-refractivity contribution in [2.45, 2.75) is 26.2 Å². The molecule has 0 aromatic heterocycles. The maximum atomic E-state index is 10.4. The van der Waals surface area contributed by atoms with E-state index in [4.69, 9.17) is 15.3 Å². The monoisotopic (exact) mass is 305 g/mol. The largest absolute Gasteiger partial charge is 0.481 e. The van der Waals surface area contributed by atoms with Crippen LogP contribution in [0.1, 0.15) is 30.9 Å². The third-order valence-electron chi connectivity index (χ3n) is 3.16. The second-order valence-electron chi connectivity index (χ2n) is 5.00. The third kappa shape index (κ3) is 7.15. The topological polar surface area (TPSA) is 87.0 Å². The van der Waals surface area contributed by atoms with Crippen molar-refractivity contribution in [1.82, 2.24) is 0 Å². The van der Waals surface area contributed by atoms with Gasteiger partial charge in [-0.1, -0.05) is 31.2 Å². The molecule has 4 N–H and O–H groups in total. The zero-order valence-electron chi connectivity index (χ0n) is 13.0. The van der Waals surface area contributed by atoms with E-state index in [0.717, 1.165) is 36.1 Å². The van der Waals surface area contributed by atoms with E-state index in [1.54, 1.807) is 0 Å². The molecule has 120 valence electrons. The number of hydrogen-bond acceptors (Lipinski definition) is 3. The molecule has 0 saturated heterocycles. The van der Waals surface area contributed by atoms with Crippen LogP contribution in [0.3, 0.4) is 0 Å². The van der Waals surface area contributed by atoms with Crippen molar-refractivity contribution in [1.29, 1.82) is 5.41 Å². The van der Waals surface area contributed by atoms with E-state index in [1.165, 1.54) is 6.21 Å². The first kappa shape index (κ1) is 18.1. The number of nitrogens with two attached hydrogens (primary N) is 1. The smallest absolute Gasteiger partial charge is 0.305 e. The van der Waals surface area contributed by atoms with Gasteiger partial charge in [0.05, 0.1) is 31.8 Å². The highest BCUT2D eigenvalue weighted by Gasteiger charge is 2.03. The minimum atomic E-state index is -0.842. The Balaban J connectivity index is 2.55. The number of quaternary nitrogens is 1. The Morgan fingerprint density at radius 3 is 2.91 bits per heavy atom. The van der Waals surface area contributed by atoms with Crippen molar-refractivity contribution in [3.05, 3.63) is 41.6 Å². The molecule has 0 amide bonds. The molecule has 22 heavy (non-hydrogen) atoms. The van der Waals surface area contributed by atoms with Gasteiger partial charge in [0.25, 0.3) is 0 Å². The van der Waals surface area contributed by atoms with E-state index in [9.17, 15) is 4.79 Å². The quantitative estimate of drug-likeness (QED) is 0.429. The van der Waals surface area contributed by atoms with Crippen LogP contribution in [-0.4, -0.2) is 37.0 Å². The van der Waals surface area contributed by atoms with Crippen molar-refractivity contribution >= 4 is 17.8 Å². The van der Waals surface area contributed by atoms with Crippen LogP contribution in [0.2, 0.25) is 0 Å². The van der Waals surface area contributed by atoms with Crippen LogP contribution >= 0.6 is 0 Å². The number of benzene rings is 1. The molecule has 0 aliphatic carbocycles. The number of rotatable bonds is 11. The predicted octanol–water partition coefficient (Wildman–Crippen LogP) is 1.68. The molecule has 1 aromatic rings. The number of allylic oxidation sites excluding steroid dienone is 1. The first-order valence-electron chi connectivity index (χ1n) is 7.60. The molecule has 1 rings (SSSR count). The predicted molar refractivity (Wildman–Crippen MR) is 87.1 cm³/mol. The molecule has 0 unspecified atom stereocenters. The van der Waals surface area contributed by atoms with Crippen LogP contribution in [0.15, 0.2) is 30.5 Å². The van der Waals surface area contributed by atoms with E-state index in [1.807, 2.05) is 24.4 Å². The molecule has 0 atom stereocenters. The highest BCUT2D eigenvalue weighted by molar-refractivity contribution is 6.07. The van der Waals surface area contributed by atoms with E-state index in [0.29, 0.717) is 6.61 Å². The van der Waals surface area contributed by atoms with Crippen molar-refractivity contribution in [2.75, 3.05) is 19.8 Å². The lowest BCUT2D eigenvalue weighted by Crippen LogP contribution is -2.78. The Labute approximate surface area is 131 Å². The first-order valence-corrected chi connectivity index (χ1v) is 7.60. The maximum absolute atomic E-state index is 10.4. The van der Waals surface area contributed by atoms with Gasteiger partial charge in [-0.15, -0.1) is 0 Å². The van der Waals surface area contributed by atoms with Crippen molar-refractivity contribution in [3.63, 3.8) is 0 Å². The van der Waals surface area contributed by atoms with Crippen LogP contribution in [-0.2, 0) is 16.0 Å². The summed E-state index contributed by atoms with van der Waals surface area (Å²) in [5, 5.41) is 18.2. The van der Waals surface area contributed by atoms with Gasteiger partial charge in [0, 0.05) is 6.21 Å². The van der Waals surface area contributed by atoms with Gasteiger partial charge in [0.15, 0.2) is 0 Å². The fourth-order valence-corrected chi connectivity index (χ4v) is 1.96. The molecule has 5 heteroatoms. The summed E-state index contributed by atoms with van der Waals surface area (Å²) in [6.07, 6.45) is 5.22. The van der Waals surface area contributed by atoms with Crippen molar-refractivity contribution in [3.8, 4) is 0 Å². The molecule has 0 saturated carbocycles. The van der Waals surface area contributed by atoms with E-state index < -0.39 is 5.97 Å². The highest BCUT2D eigenvalue weighted by Crippen LogP contribution is 2.13. The van der Waals surface area contributed by atoms with Gasteiger partial charge in [-0.2, -0.15) is 0 Å². The fraction of sp³-hybridized carbons (Fsp3) is 0.412. The minimum absolute atomic E-state index is 0.0357. The number of hydrogen-bond donors (Lipinski definition) is 3. The average molecular weight is 305 g/mol. The second-order valence-corrected chi connectivity index (χ2v) is 5.00. The second kappa shape index (κ2) is 10.7. The van der Waals surface area contributed by atoms with Crippen molar-refractivity contribution < 1.29 is 20.0 Å². The Morgan fingerprint density at radius 2 is 2.23 bits per heavy atom. The summed E-state index contributed by atoms with van der Waals surface area (Å²) in [5.41, 5.74) is 3.03. The lowest BCUT2D eigenvalue weighted by atomic mass is 10.0. The Morgan fingerprint density at radius 1 is 1.41 bits per heavy atom. The molecule has 0 fully saturated rings.